The molecule has 1 aromatic rings. The number of nitrogens with zero attached hydrogens (tertiary/aromatic N) is 3. The Morgan fingerprint density at radius 3 is 2.90 bits per heavy atom. The van der Waals surface area contributed by atoms with Crippen molar-refractivity contribution in [2.75, 3.05) is 32.8 Å². The van der Waals surface area contributed by atoms with E-state index in [1.54, 1.807) is 22.0 Å². The van der Waals surface area contributed by atoms with Gasteiger partial charge in [-0.25, -0.2) is 0 Å². The van der Waals surface area contributed by atoms with Crippen LogP contribution >= 0.6 is 0 Å². The summed E-state index contributed by atoms with van der Waals surface area (Å²) in [5.74, 6) is 0.0552. The normalized spacial score (nSPS) is 18.8. The van der Waals surface area contributed by atoms with E-state index in [1.165, 1.54) is 0 Å². The summed E-state index contributed by atoms with van der Waals surface area (Å²) < 4.78 is 6.89. The number of ether oxygens (including phenoxy) is 1. The van der Waals surface area contributed by atoms with Crippen LogP contribution in [0.25, 0.3) is 0 Å². The monoisotopic (exact) mass is 282 g/mol. The Bertz CT molecular complexity index is 404. The summed E-state index contributed by atoms with van der Waals surface area (Å²) in [6.07, 6.45) is 2.89. The van der Waals surface area contributed by atoms with Gasteiger partial charge in [-0.05, 0) is 13.0 Å². The highest BCUT2D eigenvalue weighted by molar-refractivity contribution is 5.81. The number of rotatable bonds is 6. The van der Waals surface area contributed by atoms with Crippen molar-refractivity contribution in [3.63, 3.8) is 0 Å². The zero-order valence-electron chi connectivity index (χ0n) is 11.7. The number of morpholine rings is 1. The highest BCUT2D eigenvalue weighted by atomic mass is 16.5. The number of hydrogen-bond donors (Lipinski definition) is 2. The van der Waals surface area contributed by atoms with Gasteiger partial charge < -0.3 is 20.1 Å². The average molecular weight is 282 g/mol. The molecule has 0 bridgehead atoms. The number of carbonyl (C=O) groups is 1. The number of aliphatic hydroxyl groups excluding tert-OH is 1. The van der Waals surface area contributed by atoms with Crippen molar-refractivity contribution >= 4 is 5.91 Å². The zero-order chi connectivity index (χ0) is 14.4. The molecule has 0 spiro atoms. The van der Waals surface area contributed by atoms with Crippen molar-refractivity contribution in [2.45, 2.75) is 25.6 Å². The molecule has 0 aliphatic carbocycles. The highest BCUT2D eigenvalue weighted by Crippen LogP contribution is 2.01. The Labute approximate surface area is 118 Å². The smallest absolute Gasteiger partial charge is 0.239 e. The van der Waals surface area contributed by atoms with Crippen LogP contribution in [0.4, 0.5) is 0 Å². The van der Waals surface area contributed by atoms with E-state index >= 15 is 0 Å². The Hall–Kier alpha value is -1.44. The van der Waals surface area contributed by atoms with Gasteiger partial charge in [-0.2, -0.15) is 5.10 Å². The first-order chi connectivity index (χ1) is 9.66. The fourth-order valence-corrected chi connectivity index (χ4v) is 2.15. The number of nitrogens with one attached hydrogen (secondary N) is 1. The molecule has 1 amide bonds. The van der Waals surface area contributed by atoms with E-state index in [2.05, 4.69) is 10.4 Å². The second kappa shape index (κ2) is 7.37. The molecule has 7 nitrogen and oxygen atoms in total. The maximum Gasteiger partial charge on any atom is 0.239 e. The van der Waals surface area contributed by atoms with Crippen molar-refractivity contribution in [1.29, 1.82) is 0 Å². The first-order valence-electron chi connectivity index (χ1n) is 6.92. The minimum atomic E-state index is -0.574. The van der Waals surface area contributed by atoms with Gasteiger partial charge >= 0.3 is 0 Å². The maximum absolute atomic E-state index is 12.1. The van der Waals surface area contributed by atoms with E-state index in [-0.39, 0.29) is 11.9 Å². The lowest BCUT2D eigenvalue weighted by molar-refractivity contribution is -0.137. The van der Waals surface area contributed by atoms with Gasteiger partial charge in [0.05, 0.1) is 31.9 Å². The largest absolute Gasteiger partial charge is 0.390 e. The molecule has 1 aliphatic rings. The number of hydrogen-bond acceptors (Lipinski definition) is 5. The van der Waals surface area contributed by atoms with Gasteiger partial charge in [-0.3, -0.25) is 9.48 Å². The van der Waals surface area contributed by atoms with E-state index in [0.717, 1.165) is 0 Å². The molecule has 1 fully saturated rings. The first-order valence-corrected chi connectivity index (χ1v) is 6.92. The van der Waals surface area contributed by atoms with Gasteiger partial charge in [0, 0.05) is 32.0 Å². The van der Waals surface area contributed by atoms with Gasteiger partial charge in [0.15, 0.2) is 0 Å². The molecule has 0 aromatic carbocycles. The van der Waals surface area contributed by atoms with Crippen LogP contribution in [0.15, 0.2) is 18.5 Å². The lowest BCUT2D eigenvalue weighted by Crippen LogP contribution is -2.50. The van der Waals surface area contributed by atoms with E-state index < -0.39 is 6.10 Å². The predicted molar refractivity (Wildman–Crippen MR) is 73.1 cm³/mol. The van der Waals surface area contributed by atoms with Crippen molar-refractivity contribution in [2.24, 2.45) is 0 Å². The third-order valence-corrected chi connectivity index (χ3v) is 3.31. The Balaban J connectivity index is 1.70. The van der Waals surface area contributed by atoms with Crippen molar-refractivity contribution in [3.05, 3.63) is 18.5 Å². The van der Waals surface area contributed by atoms with E-state index in [0.29, 0.717) is 39.4 Å². The molecule has 2 heterocycles. The summed E-state index contributed by atoms with van der Waals surface area (Å²) in [4.78, 5) is 13.9. The molecule has 2 atom stereocenters. The Morgan fingerprint density at radius 1 is 1.50 bits per heavy atom. The van der Waals surface area contributed by atoms with Crippen LogP contribution in [0.1, 0.15) is 6.92 Å². The third-order valence-electron chi connectivity index (χ3n) is 3.31. The van der Waals surface area contributed by atoms with Crippen LogP contribution in [-0.2, 0) is 16.1 Å². The predicted octanol–water partition coefficient (Wildman–Crippen LogP) is -0.919. The fourth-order valence-electron chi connectivity index (χ4n) is 2.15. The lowest BCUT2D eigenvalue weighted by Gasteiger charge is -2.29. The summed E-state index contributed by atoms with van der Waals surface area (Å²) in [7, 11) is 0. The first kappa shape index (κ1) is 15.0. The molecule has 1 aromatic heterocycles. The van der Waals surface area contributed by atoms with Gasteiger partial charge in [0.1, 0.15) is 0 Å². The van der Waals surface area contributed by atoms with Crippen LogP contribution in [-0.4, -0.2) is 70.7 Å². The van der Waals surface area contributed by atoms with Crippen LogP contribution < -0.4 is 5.32 Å². The van der Waals surface area contributed by atoms with Crippen molar-refractivity contribution in [1.82, 2.24) is 20.0 Å². The quantitative estimate of drug-likeness (QED) is 0.705. The number of amides is 1. The topological polar surface area (TPSA) is 79.6 Å². The molecule has 2 N–H and O–H groups in total. The lowest BCUT2D eigenvalue weighted by atomic mass is 10.2. The summed E-state index contributed by atoms with van der Waals surface area (Å²) in [6.45, 7) is 5.07. The van der Waals surface area contributed by atoms with Crippen molar-refractivity contribution < 1.29 is 14.6 Å². The summed E-state index contributed by atoms with van der Waals surface area (Å²) in [6, 6.07) is 1.51. The number of aromatic nitrogens is 2. The molecular weight excluding hydrogens is 260 g/mol. The second-order valence-electron chi connectivity index (χ2n) is 4.95. The number of carbonyl (C=O) groups excluding carboxylic acids is 1. The van der Waals surface area contributed by atoms with Crippen molar-refractivity contribution in [3.8, 4) is 0 Å². The van der Waals surface area contributed by atoms with E-state index in [1.807, 2.05) is 13.0 Å². The van der Waals surface area contributed by atoms with Gasteiger partial charge in [-0.1, -0.05) is 0 Å². The molecule has 1 aliphatic heterocycles. The maximum atomic E-state index is 12.1. The third kappa shape index (κ3) is 4.29. The van der Waals surface area contributed by atoms with Gasteiger partial charge in [0.25, 0.3) is 0 Å². The van der Waals surface area contributed by atoms with Crippen LogP contribution in [0, 0.1) is 0 Å². The van der Waals surface area contributed by atoms with Crippen LogP contribution in [0.2, 0.25) is 0 Å². The van der Waals surface area contributed by atoms with E-state index in [4.69, 9.17) is 4.74 Å². The zero-order valence-corrected chi connectivity index (χ0v) is 11.7. The Morgan fingerprint density at radius 2 is 2.25 bits per heavy atom. The molecule has 20 heavy (non-hydrogen) atoms. The summed E-state index contributed by atoms with van der Waals surface area (Å²) in [5, 5.41) is 17.0. The fraction of sp³-hybridized carbons (Fsp3) is 0.692. The number of aliphatic hydroxyl groups is 1. The average Bonchev–Trinajstić information content (AvgIpc) is 2.97. The molecule has 2 unspecified atom stereocenters. The minimum Gasteiger partial charge on any atom is -0.390 e. The summed E-state index contributed by atoms with van der Waals surface area (Å²) >= 11 is 0. The molecular formula is C13H22N4O3. The second-order valence-corrected chi connectivity index (χ2v) is 4.95. The van der Waals surface area contributed by atoms with Crippen LogP contribution in [0.3, 0.4) is 0 Å². The standard InChI is InChI=1S/C13H22N4O3/c1-11(13(19)16-5-7-20-8-6-16)14-9-12(18)10-17-4-2-3-15-17/h2-4,11-12,14,18H,5-10H2,1H3. The van der Waals surface area contributed by atoms with Gasteiger partial charge in [0.2, 0.25) is 5.91 Å². The summed E-state index contributed by atoms with van der Waals surface area (Å²) in [5.41, 5.74) is 0. The molecule has 0 radical (unpaired) electrons. The van der Waals surface area contributed by atoms with E-state index in [9.17, 15) is 9.90 Å². The minimum absolute atomic E-state index is 0.0552. The van der Waals surface area contributed by atoms with Crippen LogP contribution in [0.5, 0.6) is 0 Å². The molecule has 0 saturated carbocycles. The Kier molecular flexibility index (Phi) is 5.51. The van der Waals surface area contributed by atoms with Gasteiger partial charge in [-0.15, -0.1) is 0 Å². The molecule has 112 valence electrons. The molecule has 1 saturated heterocycles. The highest BCUT2D eigenvalue weighted by Gasteiger charge is 2.22. The molecule has 7 heteroatoms. The SMILES string of the molecule is CC(NCC(O)Cn1cccn1)C(=O)N1CCOCC1. The molecule has 2 rings (SSSR count).